The molecule has 10 rings (SSSR count). The Morgan fingerprint density at radius 1 is 0.765 bits per heavy atom. The normalized spacial score (nSPS) is 35.0. The molecule has 0 unspecified atom stereocenters. The van der Waals surface area contributed by atoms with Gasteiger partial charge >= 0.3 is 0 Å². The molecule has 27 heteroatoms. The number of amidine groups is 2. The number of thiophene rings is 1. The average molecular weight is 1220 g/mol. The second-order valence-electron chi connectivity index (χ2n) is 23.7. The van der Waals surface area contributed by atoms with Crippen LogP contribution in [0.1, 0.15) is 60.4 Å². The van der Waals surface area contributed by atoms with Gasteiger partial charge in [-0.25, -0.2) is 4.99 Å². The Morgan fingerprint density at radius 2 is 1.39 bits per heavy atom. The zero-order chi connectivity index (χ0) is 61.9. The van der Waals surface area contributed by atoms with E-state index in [0.717, 1.165) is 79.9 Å². The number of fused-ring (bicyclic) bond motifs is 2. The first-order valence-corrected chi connectivity index (χ1v) is 29.5. The van der Waals surface area contributed by atoms with Gasteiger partial charge in [0.05, 0.1) is 61.5 Å². The zero-order valence-corrected chi connectivity index (χ0v) is 49.9. The van der Waals surface area contributed by atoms with Gasteiger partial charge in [-0.3, -0.25) is 4.99 Å². The molecule has 1 aromatic heterocycles. The lowest BCUT2D eigenvalue weighted by Crippen LogP contribution is -2.68. The number of rotatable bonds is 11. The van der Waals surface area contributed by atoms with Crippen LogP contribution in [0.25, 0.3) is 0 Å². The van der Waals surface area contributed by atoms with Crippen molar-refractivity contribution in [2.24, 2.45) is 9.98 Å². The number of aliphatic hydroxyl groups excluding tert-OH is 13. The summed E-state index contributed by atoms with van der Waals surface area (Å²) in [5.41, 5.74) is 7.77. The zero-order valence-electron chi connectivity index (χ0n) is 49.1. The molecule has 85 heavy (non-hydrogen) atoms. The molecule has 7 heterocycles. The Labute approximate surface area is 497 Å². The number of hydrogen-bond donors (Lipinski definition) is 17. The first-order chi connectivity index (χ1) is 40.3. The maximum absolute atomic E-state index is 10.9. The van der Waals surface area contributed by atoms with Crippen LogP contribution in [0.15, 0.2) is 58.0 Å². The van der Waals surface area contributed by atoms with Gasteiger partial charge in [-0.1, -0.05) is 45.0 Å². The molecule has 4 saturated heterocycles. The second-order valence-corrected chi connectivity index (χ2v) is 25.0. The molecule has 4 fully saturated rings. The van der Waals surface area contributed by atoms with Crippen LogP contribution in [-0.2, 0) is 35.5 Å². The van der Waals surface area contributed by atoms with E-state index in [4.69, 9.17) is 28.7 Å². The third kappa shape index (κ3) is 14.9. The van der Waals surface area contributed by atoms with E-state index in [2.05, 4.69) is 109 Å². The summed E-state index contributed by atoms with van der Waals surface area (Å²) in [7, 11) is 2.18. The molecule has 2 aromatic carbocycles. The fourth-order valence-electron chi connectivity index (χ4n) is 11.4. The average Bonchev–Trinajstić information content (AvgIpc) is 2.39. The number of phenols is 1. The van der Waals surface area contributed by atoms with E-state index in [1.54, 1.807) is 11.3 Å². The maximum Gasteiger partial charge on any atom is 0.187 e. The van der Waals surface area contributed by atoms with E-state index < -0.39 is 136 Å². The van der Waals surface area contributed by atoms with Gasteiger partial charge in [0, 0.05) is 44.0 Å². The van der Waals surface area contributed by atoms with Crippen LogP contribution in [-0.4, -0.2) is 276 Å². The maximum atomic E-state index is 10.9. The predicted molar refractivity (Wildman–Crippen MR) is 312 cm³/mol. The molecule has 0 bridgehead atoms. The molecule has 3 aromatic rings. The van der Waals surface area contributed by atoms with Crippen molar-refractivity contribution in [3.63, 3.8) is 0 Å². The molecule has 0 spiro atoms. The van der Waals surface area contributed by atoms with Crippen molar-refractivity contribution >= 4 is 39.4 Å². The number of anilines is 2. The quantitative estimate of drug-likeness (QED) is 0.0900. The number of benzene rings is 2. The fraction of sp³-hybridized carbons (Fsp3) is 0.655. The van der Waals surface area contributed by atoms with Gasteiger partial charge in [0.15, 0.2) is 18.9 Å². The summed E-state index contributed by atoms with van der Waals surface area (Å²) in [5.74, 6) is 2.59. The highest BCUT2D eigenvalue weighted by Crippen LogP contribution is 2.40. The third-order valence-corrected chi connectivity index (χ3v) is 17.5. The Morgan fingerprint density at radius 3 is 2.01 bits per heavy atom. The number of nitrogens with zero attached hydrogens (tertiary/aromatic N) is 4. The number of aliphatic imine (C=N–C) groups is 2. The standard InChI is InChI=1S/C25H43NO18.C17H20N4S.C16H24N2O/c1-6-11(26-8-2-7(3-27)12(30)15(33)13(8)31)14(32)19(37)24(40-6)43-22-10(5-29)42-25(20(38)17(22)35)44-21-9(4-28)41-23(39)18(36)16(21)34;1-12-11-13-16(21-9-7-20(2)8-10-21)18-14-5-3-4-6-15(14)19-17(13)22-12;1-10-8-13(16(3,4)5)15(19)11(2)12(10)9-14-17-6-7-18-14/h2,6,8-39H,3-5H2,1H3;3-6,11,19H,7-10H2,1-2H3;8,19H,6-7,9H2,1-5H3,(H,17,18)/t6-,8+,9-,10-,11-,12-,13+,14+,15+,16-,17-,18-,19-,20-,21-,22-,23-,24-,25-;;/m1../s1. The number of piperazine rings is 1. The van der Waals surface area contributed by atoms with Crippen LogP contribution >= 0.6 is 11.3 Å². The summed E-state index contributed by atoms with van der Waals surface area (Å²) in [6.07, 6.45) is -25.8. The van der Waals surface area contributed by atoms with Crippen LogP contribution in [0.5, 0.6) is 5.75 Å². The second kappa shape index (κ2) is 28.4. The molecule has 474 valence electrons. The lowest BCUT2D eigenvalue weighted by molar-refractivity contribution is -0.373. The van der Waals surface area contributed by atoms with E-state index in [1.165, 1.54) is 39.6 Å². The number of ether oxygens (including phenoxy) is 5. The molecule has 6 aliphatic heterocycles. The van der Waals surface area contributed by atoms with Gasteiger partial charge in [0.2, 0.25) is 0 Å². The van der Waals surface area contributed by atoms with Crippen molar-refractivity contribution in [3.8, 4) is 5.75 Å². The van der Waals surface area contributed by atoms with Gasteiger partial charge < -0.3 is 121 Å². The van der Waals surface area contributed by atoms with E-state index in [1.807, 2.05) is 6.92 Å². The molecule has 0 amide bonds. The first-order valence-electron chi connectivity index (χ1n) is 28.7. The van der Waals surface area contributed by atoms with Crippen molar-refractivity contribution in [2.45, 2.75) is 177 Å². The molecule has 0 saturated carbocycles. The smallest absolute Gasteiger partial charge is 0.187 e. The van der Waals surface area contributed by atoms with Crippen LogP contribution in [0.3, 0.4) is 0 Å². The highest BCUT2D eigenvalue weighted by atomic mass is 32.1. The van der Waals surface area contributed by atoms with E-state index in [9.17, 15) is 71.5 Å². The van der Waals surface area contributed by atoms with Gasteiger partial charge in [-0.15, -0.1) is 11.3 Å². The lowest BCUT2D eigenvalue weighted by atomic mass is 9.82. The van der Waals surface area contributed by atoms with Crippen molar-refractivity contribution in [3.05, 3.63) is 80.7 Å². The Kier molecular flexibility index (Phi) is 22.2. The van der Waals surface area contributed by atoms with E-state index >= 15 is 0 Å². The van der Waals surface area contributed by atoms with Crippen molar-refractivity contribution in [1.29, 1.82) is 0 Å². The van der Waals surface area contributed by atoms with Crippen LogP contribution in [0, 0.1) is 20.8 Å². The number of nitrogens with one attached hydrogen (secondary N) is 3. The van der Waals surface area contributed by atoms with Gasteiger partial charge in [0.25, 0.3) is 0 Å². The van der Waals surface area contributed by atoms with Gasteiger partial charge in [0.1, 0.15) is 102 Å². The number of likely N-dealkylation sites (N-methyl/N-ethyl adjacent to an activating group) is 1. The van der Waals surface area contributed by atoms with Crippen LogP contribution in [0.2, 0.25) is 0 Å². The number of aryl methyl sites for hydroxylation is 2. The summed E-state index contributed by atoms with van der Waals surface area (Å²) in [5, 5.41) is 154. The van der Waals surface area contributed by atoms with Crippen molar-refractivity contribution in [2.75, 3.05) is 71.5 Å². The Hall–Kier alpha value is -4.38. The number of hydrogen-bond acceptors (Lipinski definition) is 27. The minimum absolute atomic E-state index is 0.0225. The van der Waals surface area contributed by atoms with E-state index in [0.29, 0.717) is 5.75 Å². The number of para-hydroxylation sites is 2. The van der Waals surface area contributed by atoms with Crippen LogP contribution in [0.4, 0.5) is 16.4 Å². The molecule has 19 atom stereocenters. The number of aromatic hydroxyl groups is 1. The molecule has 1 aliphatic carbocycles. The largest absolute Gasteiger partial charge is 0.507 e. The Bertz CT molecular complexity index is 2810. The monoisotopic (exact) mass is 1220 g/mol. The van der Waals surface area contributed by atoms with Crippen molar-refractivity contribution < 1.29 is 95.2 Å². The Balaban J connectivity index is 0.000000189. The van der Waals surface area contributed by atoms with Crippen molar-refractivity contribution in [1.82, 2.24) is 20.4 Å². The van der Waals surface area contributed by atoms with Crippen LogP contribution < -0.4 is 16.0 Å². The number of aliphatic hydroxyl groups is 13. The summed E-state index contributed by atoms with van der Waals surface area (Å²) in [6, 6.07) is 10.5. The minimum Gasteiger partial charge on any atom is -0.507 e. The molecular formula is C58H87N7O19S. The highest BCUT2D eigenvalue weighted by molar-refractivity contribution is 7.16. The molecule has 7 aliphatic rings. The first kappa shape index (κ1) is 66.6. The molecule has 26 nitrogen and oxygen atoms in total. The summed E-state index contributed by atoms with van der Waals surface area (Å²) >= 11 is 1.81. The molecular weight excluding hydrogens is 1130 g/mol. The summed E-state index contributed by atoms with van der Waals surface area (Å²) in [6.45, 7) is 18.0. The SMILES string of the molecule is C[C@H]1O[C@H](O[C@H]2[C@H](O)[C@@H](O)[C@@H](O[C@H]3[C@H](O)[C@@H](O)[C@H](O)O[C@@H]3CO)O[C@@H]2CO)[C@H](O)[C@@H](O)[C@@H]1N[C@H]1C=C(CO)[C@@H](O)[C@H](O)[C@H]1O.Cc1cc(C(C)(C)C)c(O)c(C)c1CC1=NCCN1.Cc1cc2c(s1)Nc1ccccc1N=C2N1CCN(C)CC1. The van der Waals surface area contributed by atoms with Gasteiger partial charge in [-0.05, 0) is 86.2 Å². The molecule has 0 radical (unpaired) electrons. The molecule has 17 N–H and O–H groups in total. The predicted octanol–water partition coefficient (Wildman–Crippen LogP) is -2.27. The number of phenolic OH excluding ortho intramolecular Hbond substituents is 1. The van der Waals surface area contributed by atoms with Gasteiger partial charge in [-0.2, -0.15) is 0 Å². The third-order valence-electron chi connectivity index (χ3n) is 16.5. The summed E-state index contributed by atoms with van der Waals surface area (Å²) < 4.78 is 27.4. The highest BCUT2D eigenvalue weighted by Gasteiger charge is 2.54. The van der Waals surface area contributed by atoms with E-state index in [-0.39, 0.29) is 11.0 Å². The lowest BCUT2D eigenvalue weighted by Gasteiger charge is -2.48. The summed E-state index contributed by atoms with van der Waals surface area (Å²) in [4.78, 5) is 15.6. The topological polar surface area (TPSA) is 397 Å². The fourth-order valence-corrected chi connectivity index (χ4v) is 12.3. The minimum atomic E-state index is -1.93.